The van der Waals surface area contributed by atoms with Crippen LogP contribution in [-0.2, 0) is 59.3 Å². The number of fused-ring (bicyclic) bond motifs is 2. The SMILES string of the molecule is COC(=O)[C@@H]1CC(OC(=O)N2CCc3ccccc3C2)CN1.COC(=O)[C@@H]1CC(OC(=O)N2CCc3ccccc3C2)CN1C(=O)[C@@H](C)C(C)(C)C.Cl. The van der Waals surface area contributed by atoms with E-state index in [-0.39, 0.29) is 66.8 Å². The molecule has 2 unspecified atom stereocenters. The summed E-state index contributed by atoms with van der Waals surface area (Å²) >= 11 is 0. The maximum absolute atomic E-state index is 13.1. The molecule has 53 heavy (non-hydrogen) atoms. The molecule has 0 radical (unpaired) electrons. The number of hydrogen-bond acceptors (Lipinski definition) is 10. The van der Waals surface area contributed by atoms with E-state index in [9.17, 15) is 24.0 Å². The molecule has 1 N–H and O–H groups in total. The average molecular weight is 757 g/mol. The minimum Gasteiger partial charge on any atom is -0.468 e. The fourth-order valence-electron chi connectivity index (χ4n) is 6.96. The van der Waals surface area contributed by atoms with Gasteiger partial charge in [-0.1, -0.05) is 76.2 Å². The minimum atomic E-state index is -0.729. The van der Waals surface area contributed by atoms with Crippen molar-refractivity contribution in [2.24, 2.45) is 11.3 Å². The van der Waals surface area contributed by atoms with Crippen LogP contribution in [-0.4, -0.2) is 109 Å². The number of carbonyl (C=O) groups excluding carboxylic acids is 5. The van der Waals surface area contributed by atoms with Gasteiger partial charge in [0.1, 0.15) is 24.3 Å². The summed E-state index contributed by atoms with van der Waals surface area (Å²) in [6.07, 6.45) is 0.813. The Labute approximate surface area is 318 Å². The standard InChI is InChI=1S/C23H32N2O5.C16H20N2O4.ClH/c1-15(23(2,3)4)20(26)25-14-18(12-19(25)21(27)29-5)30-22(28)24-11-10-16-8-6-7-9-17(16)13-24;1-21-15(19)14-8-13(9-17-14)22-16(20)18-7-6-11-4-2-3-5-12(11)10-18;/h6-9,15,18-19H,10-14H2,1-5H3;2-5,13-14,17H,6-10H2,1H3;1H/t15-,18?,19+;13?,14-;/m10./s1. The van der Waals surface area contributed by atoms with Crippen LogP contribution in [0, 0.1) is 11.3 Å². The third kappa shape index (κ3) is 10.2. The molecule has 2 aromatic rings. The van der Waals surface area contributed by atoms with E-state index in [4.69, 9.17) is 18.9 Å². The van der Waals surface area contributed by atoms with E-state index in [0.29, 0.717) is 39.1 Å². The summed E-state index contributed by atoms with van der Waals surface area (Å²) < 4.78 is 20.8. The lowest BCUT2D eigenvalue weighted by Gasteiger charge is -2.32. The fourth-order valence-corrected chi connectivity index (χ4v) is 6.96. The maximum atomic E-state index is 13.1. The predicted molar refractivity (Wildman–Crippen MR) is 198 cm³/mol. The van der Waals surface area contributed by atoms with Crippen LogP contribution in [0.3, 0.4) is 0 Å². The first kappa shape index (κ1) is 41.4. The van der Waals surface area contributed by atoms with E-state index in [1.807, 2.05) is 64.1 Å². The molecule has 13 nitrogen and oxygen atoms in total. The van der Waals surface area contributed by atoms with Gasteiger partial charge in [0.05, 0.1) is 20.8 Å². The molecule has 6 rings (SSSR count). The molecule has 0 aliphatic carbocycles. The lowest BCUT2D eigenvalue weighted by molar-refractivity contribution is -0.153. The molecule has 5 atom stereocenters. The Morgan fingerprint density at radius 1 is 0.736 bits per heavy atom. The van der Waals surface area contributed by atoms with E-state index >= 15 is 0 Å². The number of nitrogens with one attached hydrogen (secondary N) is 1. The second-order valence-electron chi connectivity index (χ2n) is 15.0. The first-order valence-corrected chi connectivity index (χ1v) is 18.0. The molecule has 0 aromatic heterocycles. The van der Waals surface area contributed by atoms with E-state index in [1.165, 1.54) is 35.8 Å². The predicted octanol–water partition coefficient (Wildman–Crippen LogP) is 4.51. The summed E-state index contributed by atoms with van der Waals surface area (Å²) in [5.41, 5.74) is 4.59. The third-order valence-electron chi connectivity index (χ3n) is 10.6. The lowest BCUT2D eigenvalue weighted by Crippen LogP contribution is -2.46. The van der Waals surface area contributed by atoms with Crippen molar-refractivity contribution < 1.29 is 42.9 Å². The normalized spacial score (nSPS) is 22.5. The number of nitrogens with zero attached hydrogens (tertiary/aromatic N) is 3. The van der Waals surface area contributed by atoms with Crippen LogP contribution < -0.4 is 5.32 Å². The number of benzene rings is 2. The number of esters is 2. The van der Waals surface area contributed by atoms with Gasteiger partial charge in [-0.3, -0.25) is 9.59 Å². The van der Waals surface area contributed by atoms with Crippen molar-refractivity contribution in [2.45, 2.75) is 90.8 Å². The molecule has 0 bridgehead atoms. The quantitative estimate of drug-likeness (QED) is 0.342. The number of halogens is 1. The van der Waals surface area contributed by atoms with Gasteiger partial charge in [0.2, 0.25) is 5.91 Å². The Bertz CT molecular complexity index is 1630. The first-order chi connectivity index (χ1) is 24.8. The maximum Gasteiger partial charge on any atom is 0.410 e. The second kappa shape index (κ2) is 18.1. The van der Waals surface area contributed by atoms with Crippen molar-refractivity contribution >= 4 is 42.4 Å². The summed E-state index contributed by atoms with van der Waals surface area (Å²) in [4.78, 5) is 66.8. The zero-order valence-corrected chi connectivity index (χ0v) is 32.3. The number of methoxy groups -OCH3 is 2. The van der Waals surface area contributed by atoms with Gasteiger partial charge in [0.15, 0.2) is 0 Å². The van der Waals surface area contributed by atoms with Crippen molar-refractivity contribution in [1.29, 1.82) is 0 Å². The highest BCUT2D eigenvalue weighted by Crippen LogP contribution is 2.32. The summed E-state index contributed by atoms with van der Waals surface area (Å²) in [5.74, 6) is -1.19. The van der Waals surface area contributed by atoms with Crippen molar-refractivity contribution in [2.75, 3.05) is 40.4 Å². The summed E-state index contributed by atoms with van der Waals surface area (Å²) in [5, 5.41) is 3.01. The number of hydrogen-bond donors (Lipinski definition) is 1. The third-order valence-corrected chi connectivity index (χ3v) is 10.6. The van der Waals surface area contributed by atoms with E-state index in [1.54, 1.807) is 9.80 Å². The Morgan fingerprint density at radius 3 is 1.72 bits per heavy atom. The molecule has 290 valence electrons. The van der Waals surface area contributed by atoms with Crippen LogP contribution in [0.1, 0.15) is 62.8 Å². The molecule has 3 amide bonds. The summed E-state index contributed by atoms with van der Waals surface area (Å²) in [7, 11) is 2.66. The topological polar surface area (TPSA) is 144 Å². The molecule has 14 heteroatoms. The number of carbonyl (C=O) groups is 5. The van der Waals surface area contributed by atoms with Gasteiger partial charge in [0, 0.05) is 51.5 Å². The molecule has 2 aromatic carbocycles. The number of amides is 3. The summed E-state index contributed by atoms with van der Waals surface area (Å²) in [6, 6.07) is 15.1. The Morgan fingerprint density at radius 2 is 1.23 bits per heavy atom. The monoisotopic (exact) mass is 756 g/mol. The zero-order valence-electron chi connectivity index (χ0n) is 31.5. The van der Waals surface area contributed by atoms with Crippen LogP contribution in [0.25, 0.3) is 0 Å². The smallest absolute Gasteiger partial charge is 0.410 e. The molecule has 0 spiro atoms. The second-order valence-corrected chi connectivity index (χ2v) is 15.0. The Kier molecular flexibility index (Phi) is 14.1. The Hall–Kier alpha value is -4.36. The highest BCUT2D eigenvalue weighted by Gasteiger charge is 2.45. The van der Waals surface area contributed by atoms with Crippen LogP contribution in [0.2, 0.25) is 0 Å². The van der Waals surface area contributed by atoms with Crippen LogP contribution in [0.4, 0.5) is 9.59 Å². The molecule has 4 aliphatic heterocycles. The van der Waals surface area contributed by atoms with Gasteiger partial charge in [-0.05, 0) is 40.5 Å². The molecule has 2 saturated heterocycles. The van der Waals surface area contributed by atoms with Crippen molar-refractivity contribution in [1.82, 2.24) is 20.0 Å². The van der Waals surface area contributed by atoms with E-state index in [0.717, 1.165) is 18.4 Å². The van der Waals surface area contributed by atoms with E-state index < -0.39 is 24.2 Å². The van der Waals surface area contributed by atoms with Crippen LogP contribution >= 0.6 is 12.4 Å². The van der Waals surface area contributed by atoms with Gasteiger partial charge in [0.25, 0.3) is 0 Å². The highest BCUT2D eigenvalue weighted by molar-refractivity contribution is 5.87. The fraction of sp³-hybridized carbons (Fsp3) is 0.564. The number of likely N-dealkylation sites (tertiary alicyclic amines) is 1. The molecular weight excluding hydrogens is 704 g/mol. The number of rotatable bonds is 5. The average Bonchev–Trinajstić information content (AvgIpc) is 3.80. The van der Waals surface area contributed by atoms with Gasteiger partial charge in [-0.25, -0.2) is 14.4 Å². The van der Waals surface area contributed by atoms with Crippen molar-refractivity contribution in [3.05, 3.63) is 70.8 Å². The lowest BCUT2D eigenvalue weighted by atomic mass is 9.81. The number of ether oxygens (including phenoxy) is 4. The summed E-state index contributed by atoms with van der Waals surface area (Å²) in [6.45, 7) is 10.9. The molecule has 2 fully saturated rings. The van der Waals surface area contributed by atoms with Crippen molar-refractivity contribution in [3.8, 4) is 0 Å². The van der Waals surface area contributed by atoms with Crippen LogP contribution in [0.15, 0.2) is 48.5 Å². The van der Waals surface area contributed by atoms with E-state index in [2.05, 4.69) is 17.4 Å². The van der Waals surface area contributed by atoms with Crippen LogP contribution in [0.5, 0.6) is 0 Å². The van der Waals surface area contributed by atoms with Gasteiger partial charge < -0.3 is 39.0 Å². The van der Waals surface area contributed by atoms with Crippen molar-refractivity contribution in [3.63, 3.8) is 0 Å². The molecule has 0 saturated carbocycles. The minimum absolute atomic E-state index is 0. The molecule has 4 aliphatic rings. The van der Waals surface area contributed by atoms with Gasteiger partial charge >= 0.3 is 24.1 Å². The van der Waals surface area contributed by atoms with Gasteiger partial charge in [-0.15, -0.1) is 12.4 Å². The largest absolute Gasteiger partial charge is 0.468 e. The zero-order chi connectivity index (χ0) is 37.6. The highest BCUT2D eigenvalue weighted by atomic mass is 35.5. The van der Waals surface area contributed by atoms with Gasteiger partial charge in [-0.2, -0.15) is 0 Å². The first-order valence-electron chi connectivity index (χ1n) is 18.0. The Balaban J connectivity index is 0.000000243. The molecular formula is C39H53ClN4O9. The molecule has 4 heterocycles.